The van der Waals surface area contributed by atoms with Crippen LogP contribution in [0.5, 0.6) is 0 Å². The fraction of sp³-hybridized carbons (Fsp3) is 0.167. The molecule has 27 heavy (non-hydrogen) atoms. The lowest BCUT2D eigenvalue weighted by atomic mass is 10.0. The van der Waals surface area contributed by atoms with Gasteiger partial charge in [-0.2, -0.15) is 0 Å². The number of hydrogen-bond acceptors (Lipinski definition) is 2. The molecule has 0 amide bonds. The Labute approximate surface area is 160 Å². The molecule has 3 heteroatoms. The molecule has 0 saturated carbocycles. The normalized spacial score (nSPS) is 11.7. The molecule has 1 heterocycles. The summed E-state index contributed by atoms with van der Waals surface area (Å²) in [5.74, 6) is -0.898. The van der Waals surface area contributed by atoms with Crippen molar-refractivity contribution >= 4 is 22.3 Å². The van der Waals surface area contributed by atoms with E-state index in [9.17, 15) is 4.79 Å². The van der Waals surface area contributed by atoms with Crippen molar-refractivity contribution < 1.29 is 9.90 Å². The number of benzene rings is 2. The lowest BCUT2D eigenvalue weighted by Crippen LogP contribution is -1.94. The quantitative estimate of drug-likeness (QED) is 0.465. The van der Waals surface area contributed by atoms with Crippen LogP contribution in [0.3, 0.4) is 0 Å². The molecule has 0 spiro atoms. The highest BCUT2D eigenvalue weighted by atomic mass is 16.4. The Bertz CT molecular complexity index is 951. The number of rotatable bonds is 4. The number of aliphatic carboxylic acids is 1. The molecule has 1 N–H and O–H groups in total. The highest BCUT2D eigenvalue weighted by Gasteiger charge is 1.98. The molecule has 0 bridgehead atoms. The van der Waals surface area contributed by atoms with Gasteiger partial charge in [0.2, 0.25) is 0 Å². The first kappa shape index (κ1) is 20.1. The van der Waals surface area contributed by atoms with Gasteiger partial charge in [-0.15, -0.1) is 0 Å². The van der Waals surface area contributed by atoms with Crippen LogP contribution in [-0.4, -0.2) is 16.1 Å². The van der Waals surface area contributed by atoms with Crippen LogP contribution in [-0.2, 0) is 11.2 Å². The number of carboxylic acid groups (broad SMARTS) is 1. The first-order chi connectivity index (χ1) is 13.0. The Morgan fingerprint density at radius 3 is 2.41 bits per heavy atom. The molecule has 0 aliphatic carbocycles. The summed E-state index contributed by atoms with van der Waals surface area (Å²) in [5, 5.41) is 11.4. The molecular formula is C24H25NO2. The number of aryl methyl sites for hydroxylation is 1. The lowest BCUT2D eigenvalue weighted by Gasteiger charge is -2.02. The van der Waals surface area contributed by atoms with E-state index in [2.05, 4.69) is 54.4 Å². The molecule has 138 valence electrons. The van der Waals surface area contributed by atoms with Crippen molar-refractivity contribution in [3.63, 3.8) is 0 Å². The summed E-state index contributed by atoms with van der Waals surface area (Å²) in [6, 6.07) is 18.8. The Balaban J connectivity index is 0.000000198. The van der Waals surface area contributed by atoms with Crippen molar-refractivity contribution in [2.75, 3.05) is 0 Å². The minimum absolute atomic E-state index is 0.318. The Morgan fingerprint density at radius 1 is 1.00 bits per heavy atom. The van der Waals surface area contributed by atoms with E-state index in [1.807, 2.05) is 19.1 Å². The van der Waals surface area contributed by atoms with Crippen LogP contribution in [0.1, 0.15) is 31.9 Å². The maximum absolute atomic E-state index is 10.5. The van der Waals surface area contributed by atoms with Gasteiger partial charge in [0.25, 0.3) is 0 Å². The third-order valence-corrected chi connectivity index (χ3v) is 4.30. The summed E-state index contributed by atoms with van der Waals surface area (Å²) in [5.41, 5.74) is 3.74. The summed E-state index contributed by atoms with van der Waals surface area (Å²) in [6.07, 6.45) is 7.93. The van der Waals surface area contributed by atoms with Gasteiger partial charge in [-0.25, -0.2) is 4.79 Å². The van der Waals surface area contributed by atoms with Crippen LogP contribution in [0.15, 0.2) is 84.7 Å². The van der Waals surface area contributed by atoms with Crippen molar-refractivity contribution in [3.05, 3.63) is 95.8 Å². The van der Waals surface area contributed by atoms with E-state index in [4.69, 9.17) is 5.11 Å². The second-order valence-electron chi connectivity index (χ2n) is 6.24. The van der Waals surface area contributed by atoms with Gasteiger partial charge in [-0.05, 0) is 53.8 Å². The number of pyridine rings is 1. The van der Waals surface area contributed by atoms with E-state index in [1.54, 1.807) is 31.5 Å². The van der Waals surface area contributed by atoms with E-state index < -0.39 is 5.97 Å². The molecule has 0 atom stereocenters. The van der Waals surface area contributed by atoms with Gasteiger partial charge in [-0.1, -0.05) is 67.6 Å². The standard InChI is InChI=1S/C12H13NO2.C12H12/c1-9(5-6-10(2)12(14)15)11-4-3-7-13-8-11;1-2-10-7-5-8-11-6-3-4-9-12(10)11/h3-8H,1-2H3,(H,14,15);3-9H,2H2,1H3/b9-5+,10-6+;. The van der Waals surface area contributed by atoms with Gasteiger partial charge in [0.15, 0.2) is 0 Å². The van der Waals surface area contributed by atoms with E-state index in [0.29, 0.717) is 5.57 Å². The van der Waals surface area contributed by atoms with Crippen molar-refractivity contribution in [2.45, 2.75) is 27.2 Å². The van der Waals surface area contributed by atoms with Gasteiger partial charge < -0.3 is 5.11 Å². The van der Waals surface area contributed by atoms with Crippen molar-refractivity contribution in [3.8, 4) is 0 Å². The summed E-state index contributed by atoms with van der Waals surface area (Å²) >= 11 is 0. The molecule has 2 aromatic carbocycles. The largest absolute Gasteiger partial charge is 0.478 e. The Hall–Kier alpha value is -3.20. The van der Waals surface area contributed by atoms with E-state index in [-0.39, 0.29) is 0 Å². The smallest absolute Gasteiger partial charge is 0.331 e. The van der Waals surface area contributed by atoms with Gasteiger partial charge in [0.05, 0.1) is 0 Å². The van der Waals surface area contributed by atoms with E-state index in [0.717, 1.165) is 17.6 Å². The number of allylic oxidation sites excluding steroid dienone is 3. The fourth-order valence-corrected chi connectivity index (χ4v) is 2.61. The summed E-state index contributed by atoms with van der Waals surface area (Å²) in [7, 11) is 0. The maximum atomic E-state index is 10.5. The monoisotopic (exact) mass is 359 g/mol. The highest BCUT2D eigenvalue weighted by molar-refractivity contribution is 5.86. The molecule has 0 aliphatic heterocycles. The molecule has 1 aromatic heterocycles. The Kier molecular flexibility index (Phi) is 7.50. The molecule has 0 unspecified atom stereocenters. The zero-order valence-electron chi connectivity index (χ0n) is 16.0. The molecule has 0 saturated heterocycles. The summed E-state index contributed by atoms with van der Waals surface area (Å²) in [6.45, 7) is 5.68. The van der Waals surface area contributed by atoms with Gasteiger partial charge in [-0.3, -0.25) is 4.98 Å². The molecule has 0 aliphatic rings. The van der Waals surface area contributed by atoms with Gasteiger partial charge in [0, 0.05) is 18.0 Å². The zero-order chi connectivity index (χ0) is 19.6. The molecule has 3 nitrogen and oxygen atoms in total. The number of hydrogen-bond donors (Lipinski definition) is 1. The predicted octanol–water partition coefficient (Wildman–Crippen LogP) is 5.92. The van der Waals surface area contributed by atoms with Crippen LogP contribution in [0, 0.1) is 0 Å². The van der Waals surface area contributed by atoms with E-state index >= 15 is 0 Å². The third kappa shape index (κ3) is 5.93. The minimum Gasteiger partial charge on any atom is -0.478 e. The van der Waals surface area contributed by atoms with Crippen LogP contribution in [0.2, 0.25) is 0 Å². The maximum Gasteiger partial charge on any atom is 0.331 e. The van der Waals surface area contributed by atoms with Gasteiger partial charge >= 0.3 is 5.97 Å². The van der Waals surface area contributed by atoms with Crippen LogP contribution in [0.25, 0.3) is 16.3 Å². The topological polar surface area (TPSA) is 50.2 Å². The second-order valence-corrected chi connectivity index (χ2v) is 6.24. The van der Waals surface area contributed by atoms with Crippen LogP contribution in [0.4, 0.5) is 0 Å². The van der Waals surface area contributed by atoms with Crippen molar-refractivity contribution in [1.82, 2.24) is 4.98 Å². The third-order valence-electron chi connectivity index (χ3n) is 4.30. The number of nitrogens with zero attached hydrogens (tertiary/aromatic N) is 1. The molecule has 0 radical (unpaired) electrons. The second kappa shape index (κ2) is 10.1. The number of aromatic nitrogens is 1. The first-order valence-corrected chi connectivity index (χ1v) is 8.98. The zero-order valence-corrected chi connectivity index (χ0v) is 16.0. The highest BCUT2D eigenvalue weighted by Crippen LogP contribution is 2.18. The molecule has 3 rings (SSSR count). The number of fused-ring (bicyclic) bond motifs is 1. The minimum atomic E-state index is -0.898. The van der Waals surface area contributed by atoms with Crippen molar-refractivity contribution in [1.29, 1.82) is 0 Å². The molecular weight excluding hydrogens is 334 g/mol. The van der Waals surface area contributed by atoms with Crippen molar-refractivity contribution in [2.24, 2.45) is 0 Å². The lowest BCUT2D eigenvalue weighted by molar-refractivity contribution is -0.132. The predicted molar refractivity (Wildman–Crippen MR) is 113 cm³/mol. The van der Waals surface area contributed by atoms with Crippen LogP contribution < -0.4 is 0 Å². The Morgan fingerprint density at radius 2 is 1.74 bits per heavy atom. The average Bonchev–Trinajstić information content (AvgIpc) is 2.72. The first-order valence-electron chi connectivity index (χ1n) is 8.98. The summed E-state index contributed by atoms with van der Waals surface area (Å²) in [4.78, 5) is 14.5. The number of carbonyl (C=O) groups is 1. The number of carboxylic acids is 1. The van der Waals surface area contributed by atoms with Crippen LogP contribution >= 0.6 is 0 Å². The van der Waals surface area contributed by atoms with Gasteiger partial charge in [0.1, 0.15) is 0 Å². The average molecular weight is 359 g/mol. The fourth-order valence-electron chi connectivity index (χ4n) is 2.61. The SMILES string of the molecule is C/C(=C\C=C(/C)c1cccnc1)C(=O)O.CCc1cccc2ccccc12. The summed E-state index contributed by atoms with van der Waals surface area (Å²) < 4.78 is 0. The molecule has 0 fully saturated rings. The molecule has 3 aromatic rings. The van der Waals surface area contributed by atoms with E-state index in [1.165, 1.54) is 16.3 Å².